The third-order valence-corrected chi connectivity index (χ3v) is 4.11. The summed E-state index contributed by atoms with van der Waals surface area (Å²) < 4.78 is 45.2. The van der Waals surface area contributed by atoms with Gasteiger partial charge >= 0.3 is 12.1 Å². The van der Waals surface area contributed by atoms with E-state index in [2.05, 4.69) is 10.4 Å². The van der Waals surface area contributed by atoms with Crippen molar-refractivity contribution >= 4 is 11.9 Å². The highest BCUT2D eigenvalue weighted by Crippen LogP contribution is 2.32. The molecule has 0 radical (unpaired) electrons. The fourth-order valence-corrected chi connectivity index (χ4v) is 2.72. The Balaban J connectivity index is 2.15. The number of ether oxygens (including phenoxy) is 1. The highest BCUT2D eigenvalue weighted by molar-refractivity contribution is 5.95. The van der Waals surface area contributed by atoms with Crippen molar-refractivity contribution in [3.8, 4) is 5.75 Å². The van der Waals surface area contributed by atoms with Gasteiger partial charge in [0.25, 0.3) is 5.91 Å². The van der Waals surface area contributed by atoms with Gasteiger partial charge in [0.2, 0.25) is 0 Å². The molecule has 10 heteroatoms. The standard InChI is InChI=1S/C18H20F3N3O4/c1-3-24-15(18(19,20)21)14(10-23-24)16(26)22-9-12(17(27)28-2)8-11-4-6-13(25)7-5-11/h4-7,10,12,25H,3,8-9H2,1-2H3,(H,22,26). The van der Waals surface area contributed by atoms with Crippen LogP contribution in [0.3, 0.4) is 0 Å². The zero-order valence-corrected chi connectivity index (χ0v) is 15.3. The molecule has 0 saturated heterocycles. The molecule has 2 N–H and O–H groups in total. The molecule has 7 nitrogen and oxygen atoms in total. The minimum Gasteiger partial charge on any atom is -0.508 e. The molecule has 0 aliphatic heterocycles. The van der Waals surface area contributed by atoms with Gasteiger partial charge in [-0.15, -0.1) is 0 Å². The normalized spacial score (nSPS) is 12.5. The Hall–Kier alpha value is -3.04. The number of methoxy groups -OCH3 is 1. The van der Waals surface area contributed by atoms with Crippen LogP contribution in [0.15, 0.2) is 30.5 Å². The maximum atomic E-state index is 13.3. The molecule has 0 aliphatic carbocycles. The van der Waals surface area contributed by atoms with Gasteiger partial charge in [-0.1, -0.05) is 12.1 Å². The average molecular weight is 399 g/mol. The monoisotopic (exact) mass is 399 g/mol. The molecule has 0 bridgehead atoms. The molecule has 1 aromatic heterocycles. The number of phenolic OH excluding ortho intramolecular Hbond substituents is 1. The zero-order valence-electron chi connectivity index (χ0n) is 15.3. The second-order valence-electron chi connectivity index (χ2n) is 6.02. The van der Waals surface area contributed by atoms with E-state index in [9.17, 15) is 27.9 Å². The number of hydrogen-bond donors (Lipinski definition) is 2. The summed E-state index contributed by atoms with van der Waals surface area (Å²) in [5, 5.41) is 15.3. The van der Waals surface area contributed by atoms with Gasteiger partial charge in [-0.25, -0.2) is 0 Å². The number of nitrogens with zero attached hydrogens (tertiary/aromatic N) is 2. The van der Waals surface area contributed by atoms with Crippen molar-refractivity contribution in [1.29, 1.82) is 0 Å². The Morgan fingerprint density at radius 2 is 1.93 bits per heavy atom. The molecule has 1 atom stereocenters. The van der Waals surface area contributed by atoms with Crippen LogP contribution in [0, 0.1) is 5.92 Å². The van der Waals surface area contributed by atoms with Gasteiger partial charge in [0.1, 0.15) is 5.75 Å². The van der Waals surface area contributed by atoms with Crippen molar-refractivity contribution in [2.45, 2.75) is 26.1 Å². The lowest BCUT2D eigenvalue weighted by molar-refractivity contribution is -0.146. The molecule has 2 rings (SSSR count). The van der Waals surface area contributed by atoms with E-state index in [1.54, 1.807) is 12.1 Å². The molecule has 1 aromatic carbocycles. The Bertz CT molecular complexity index is 832. The minimum atomic E-state index is -4.74. The second-order valence-corrected chi connectivity index (χ2v) is 6.02. The minimum absolute atomic E-state index is 0.0479. The fourth-order valence-electron chi connectivity index (χ4n) is 2.72. The third-order valence-electron chi connectivity index (χ3n) is 4.11. The second kappa shape index (κ2) is 8.77. The van der Waals surface area contributed by atoms with Crippen LogP contribution in [-0.4, -0.2) is 40.4 Å². The predicted molar refractivity (Wildman–Crippen MR) is 92.6 cm³/mol. The maximum Gasteiger partial charge on any atom is 0.433 e. The first-order chi connectivity index (χ1) is 13.2. The van der Waals surface area contributed by atoms with Crippen molar-refractivity contribution < 1.29 is 32.6 Å². The Morgan fingerprint density at radius 1 is 1.29 bits per heavy atom. The van der Waals surface area contributed by atoms with E-state index in [0.717, 1.165) is 6.20 Å². The van der Waals surface area contributed by atoms with E-state index < -0.39 is 35.2 Å². The van der Waals surface area contributed by atoms with Crippen molar-refractivity contribution in [3.05, 3.63) is 47.3 Å². The van der Waals surface area contributed by atoms with Crippen LogP contribution in [0.2, 0.25) is 0 Å². The lowest BCUT2D eigenvalue weighted by atomic mass is 9.99. The molecule has 2 aromatic rings. The van der Waals surface area contributed by atoms with Crippen LogP contribution in [0.4, 0.5) is 13.2 Å². The van der Waals surface area contributed by atoms with Gasteiger partial charge in [0.05, 0.1) is 24.8 Å². The number of halogens is 3. The molecule has 0 spiro atoms. The summed E-state index contributed by atoms with van der Waals surface area (Å²) >= 11 is 0. The smallest absolute Gasteiger partial charge is 0.433 e. The van der Waals surface area contributed by atoms with Crippen molar-refractivity contribution in [1.82, 2.24) is 15.1 Å². The van der Waals surface area contributed by atoms with Crippen LogP contribution < -0.4 is 5.32 Å². The van der Waals surface area contributed by atoms with Gasteiger partial charge in [0, 0.05) is 13.1 Å². The van der Waals surface area contributed by atoms with Gasteiger partial charge in [-0.05, 0) is 31.0 Å². The van der Waals surface area contributed by atoms with Crippen molar-refractivity contribution in [2.24, 2.45) is 5.92 Å². The SMILES string of the molecule is CCn1ncc(C(=O)NCC(Cc2ccc(O)cc2)C(=O)OC)c1C(F)(F)F. The molecular weight excluding hydrogens is 379 g/mol. The van der Waals surface area contributed by atoms with Crippen molar-refractivity contribution in [3.63, 3.8) is 0 Å². The van der Waals surface area contributed by atoms with Crippen LogP contribution in [-0.2, 0) is 28.7 Å². The summed E-state index contributed by atoms with van der Waals surface area (Å²) in [6.07, 6.45) is -3.71. The molecule has 1 amide bonds. The highest BCUT2D eigenvalue weighted by Gasteiger charge is 2.39. The van der Waals surface area contributed by atoms with Gasteiger partial charge < -0.3 is 15.2 Å². The topological polar surface area (TPSA) is 93.5 Å². The number of alkyl halides is 3. The van der Waals surface area contributed by atoms with Crippen LogP contribution in [0.5, 0.6) is 5.75 Å². The number of phenols is 1. The van der Waals surface area contributed by atoms with E-state index in [4.69, 9.17) is 4.74 Å². The first-order valence-electron chi connectivity index (χ1n) is 8.44. The number of aryl methyl sites for hydroxylation is 1. The molecule has 1 heterocycles. The molecule has 28 heavy (non-hydrogen) atoms. The number of carbonyl (C=O) groups excluding carboxylic acids is 2. The summed E-state index contributed by atoms with van der Waals surface area (Å²) in [4.78, 5) is 24.3. The number of rotatable bonds is 7. The third kappa shape index (κ3) is 5.02. The first-order valence-corrected chi connectivity index (χ1v) is 8.44. The Labute approximate surface area is 159 Å². The number of aromatic hydroxyl groups is 1. The fraction of sp³-hybridized carbons (Fsp3) is 0.389. The number of hydrogen-bond acceptors (Lipinski definition) is 5. The summed E-state index contributed by atoms with van der Waals surface area (Å²) in [6.45, 7) is 1.21. The number of carbonyl (C=O) groups is 2. The van der Waals surface area contributed by atoms with E-state index >= 15 is 0 Å². The van der Waals surface area contributed by atoms with E-state index in [1.807, 2.05) is 0 Å². The predicted octanol–water partition coefficient (Wildman–Crippen LogP) is 2.39. The maximum absolute atomic E-state index is 13.3. The lowest BCUT2D eigenvalue weighted by Crippen LogP contribution is -2.35. The number of esters is 1. The molecule has 0 fully saturated rings. The zero-order chi connectivity index (χ0) is 20.9. The number of benzene rings is 1. The Morgan fingerprint density at radius 3 is 2.46 bits per heavy atom. The molecule has 152 valence electrons. The Kier molecular flexibility index (Phi) is 6.66. The van der Waals surface area contributed by atoms with Gasteiger partial charge in [-0.2, -0.15) is 18.3 Å². The molecule has 0 saturated carbocycles. The van der Waals surface area contributed by atoms with E-state index in [-0.39, 0.29) is 25.3 Å². The lowest BCUT2D eigenvalue weighted by Gasteiger charge is -2.16. The number of amides is 1. The number of aromatic nitrogens is 2. The summed E-state index contributed by atoms with van der Waals surface area (Å²) in [7, 11) is 1.18. The summed E-state index contributed by atoms with van der Waals surface area (Å²) in [5.41, 5.74) is -1.06. The quantitative estimate of drug-likeness (QED) is 0.698. The highest BCUT2D eigenvalue weighted by atomic mass is 19.4. The van der Waals surface area contributed by atoms with Crippen LogP contribution in [0.25, 0.3) is 0 Å². The molecule has 0 aliphatic rings. The first kappa shape index (κ1) is 21.3. The van der Waals surface area contributed by atoms with Crippen LogP contribution in [0.1, 0.15) is 28.5 Å². The van der Waals surface area contributed by atoms with Crippen molar-refractivity contribution in [2.75, 3.05) is 13.7 Å². The van der Waals surface area contributed by atoms with Gasteiger partial charge in [-0.3, -0.25) is 14.3 Å². The van der Waals surface area contributed by atoms with Gasteiger partial charge in [0.15, 0.2) is 5.69 Å². The number of nitrogens with one attached hydrogen (secondary N) is 1. The van der Waals surface area contributed by atoms with E-state index in [1.165, 1.54) is 26.2 Å². The summed E-state index contributed by atoms with van der Waals surface area (Å²) in [6, 6.07) is 6.08. The average Bonchev–Trinajstić information content (AvgIpc) is 3.10. The van der Waals surface area contributed by atoms with Crippen LogP contribution >= 0.6 is 0 Å². The molecular formula is C18H20F3N3O4. The molecule has 1 unspecified atom stereocenters. The largest absolute Gasteiger partial charge is 0.508 e. The summed E-state index contributed by atoms with van der Waals surface area (Å²) in [5.74, 6) is -2.35. The van der Waals surface area contributed by atoms with E-state index in [0.29, 0.717) is 10.2 Å².